The largest absolute Gasteiger partial charge is 0.458 e. The van der Waals surface area contributed by atoms with E-state index < -0.39 is 0 Å². The minimum Gasteiger partial charge on any atom is -0.458 e. The van der Waals surface area contributed by atoms with E-state index in [1.165, 1.54) is 11.4 Å². The highest BCUT2D eigenvalue weighted by Gasteiger charge is 2.36. The Morgan fingerprint density at radius 2 is 2.00 bits per heavy atom. The van der Waals surface area contributed by atoms with E-state index in [1.54, 1.807) is 0 Å². The Kier molecular flexibility index (Phi) is 4.33. The zero-order valence-corrected chi connectivity index (χ0v) is 12.8. The quantitative estimate of drug-likeness (QED) is 0.690. The summed E-state index contributed by atoms with van der Waals surface area (Å²) in [5.74, 6) is 2.43. The highest BCUT2D eigenvalue weighted by Crippen LogP contribution is 2.48. The number of para-hydroxylation sites is 2. The first-order valence-corrected chi connectivity index (χ1v) is 7.31. The summed E-state index contributed by atoms with van der Waals surface area (Å²) < 4.78 is 5.93. The maximum atomic E-state index is 5.93. The molecule has 106 valence electrons. The van der Waals surface area contributed by atoms with E-state index in [-0.39, 0.29) is 0 Å². The van der Waals surface area contributed by atoms with Crippen LogP contribution in [0.15, 0.2) is 60.1 Å². The van der Waals surface area contributed by atoms with Gasteiger partial charge >= 0.3 is 0 Å². The summed E-state index contributed by atoms with van der Waals surface area (Å²) in [5, 5.41) is 0. The van der Waals surface area contributed by atoms with Crippen molar-refractivity contribution in [3.05, 3.63) is 60.1 Å². The van der Waals surface area contributed by atoms with Crippen molar-refractivity contribution in [3.8, 4) is 5.75 Å². The second-order valence-electron chi connectivity index (χ2n) is 4.85. The number of ether oxygens (including phenoxy) is 1. The number of fused-ring (bicyclic) bond motifs is 3. The molecule has 1 aromatic carbocycles. The summed E-state index contributed by atoms with van der Waals surface area (Å²) in [7, 11) is 0. The Balaban J connectivity index is 0.000000704. The molecule has 2 aliphatic rings. The Hall–Kier alpha value is -1.96. The first kappa shape index (κ1) is 14.4. The lowest BCUT2D eigenvalue weighted by Gasteiger charge is -2.31. The SMILES string of the molecule is C=C/C=C1\CC(C)C2=C(C)Oc3ccccc3N21.CC. The van der Waals surface area contributed by atoms with Crippen LogP contribution in [0.1, 0.15) is 34.1 Å². The van der Waals surface area contributed by atoms with E-state index in [2.05, 4.69) is 36.6 Å². The van der Waals surface area contributed by atoms with Crippen LogP contribution in [0.5, 0.6) is 5.75 Å². The summed E-state index contributed by atoms with van der Waals surface area (Å²) in [6, 6.07) is 8.18. The van der Waals surface area contributed by atoms with Crippen LogP contribution in [0.2, 0.25) is 0 Å². The lowest BCUT2D eigenvalue weighted by atomic mass is 10.1. The van der Waals surface area contributed by atoms with Gasteiger partial charge in [0.25, 0.3) is 0 Å². The zero-order valence-electron chi connectivity index (χ0n) is 12.8. The van der Waals surface area contributed by atoms with Gasteiger partial charge in [0.05, 0.1) is 11.4 Å². The lowest BCUT2D eigenvalue weighted by molar-refractivity contribution is 0.404. The average Bonchev–Trinajstić information content (AvgIpc) is 2.79. The van der Waals surface area contributed by atoms with Gasteiger partial charge in [-0.1, -0.05) is 45.6 Å². The Morgan fingerprint density at radius 3 is 2.70 bits per heavy atom. The van der Waals surface area contributed by atoms with Crippen LogP contribution in [0.4, 0.5) is 5.69 Å². The van der Waals surface area contributed by atoms with Crippen molar-refractivity contribution in [2.75, 3.05) is 4.90 Å². The van der Waals surface area contributed by atoms with Gasteiger partial charge in [-0.15, -0.1) is 0 Å². The van der Waals surface area contributed by atoms with Gasteiger partial charge in [-0.25, -0.2) is 0 Å². The van der Waals surface area contributed by atoms with E-state index in [9.17, 15) is 0 Å². The molecule has 20 heavy (non-hydrogen) atoms. The summed E-state index contributed by atoms with van der Waals surface area (Å²) in [6.45, 7) is 12.1. The summed E-state index contributed by atoms with van der Waals surface area (Å²) in [6.07, 6.45) is 4.99. The summed E-state index contributed by atoms with van der Waals surface area (Å²) in [5.41, 5.74) is 3.71. The number of hydrogen-bond donors (Lipinski definition) is 0. The fraction of sp³-hybridized carbons (Fsp3) is 0.333. The third-order valence-corrected chi connectivity index (χ3v) is 3.55. The molecule has 1 unspecified atom stereocenters. The predicted molar refractivity (Wildman–Crippen MR) is 85.7 cm³/mol. The Bertz CT molecular complexity index is 569. The van der Waals surface area contributed by atoms with Crippen molar-refractivity contribution in [1.82, 2.24) is 0 Å². The Labute approximate surface area is 122 Å². The van der Waals surface area contributed by atoms with Gasteiger partial charge in [0.1, 0.15) is 5.76 Å². The van der Waals surface area contributed by atoms with Crippen LogP contribution in [-0.4, -0.2) is 0 Å². The minimum absolute atomic E-state index is 0.490. The monoisotopic (exact) mass is 269 g/mol. The standard InChI is InChI=1S/C16H17NO.C2H6/c1-4-7-13-10-11(2)16-12(3)18-15-9-6-5-8-14(15)17(13)16;1-2/h4-9,11H,1,10H2,2-3H3;1-2H3/b13-7+;. The molecule has 0 N–H and O–H groups in total. The normalized spacial score (nSPS) is 21.7. The molecule has 1 atom stereocenters. The van der Waals surface area contributed by atoms with Gasteiger partial charge in [0.2, 0.25) is 0 Å². The predicted octanol–water partition coefficient (Wildman–Crippen LogP) is 5.25. The first-order chi connectivity index (χ1) is 9.72. The van der Waals surface area contributed by atoms with Crippen molar-refractivity contribution >= 4 is 5.69 Å². The fourth-order valence-electron chi connectivity index (χ4n) is 2.89. The maximum absolute atomic E-state index is 5.93. The molecule has 0 spiro atoms. The smallest absolute Gasteiger partial charge is 0.150 e. The average molecular weight is 269 g/mol. The van der Waals surface area contributed by atoms with Gasteiger partial charge < -0.3 is 9.64 Å². The molecule has 1 aromatic rings. The fourth-order valence-corrected chi connectivity index (χ4v) is 2.89. The van der Waals surface area contributed by atoms with Gasteiger partial charge in [0, 0.05) is 11.6 Å². The molecule has 1 saturated heterocycles. The Morgan fingerprint density at radius 1 is 1.30 bits per heavy atom. The number of benzene rings is 1. The molecule has 3 rings (SSSR count). The molecule has 0 aromatic heterocycles. The summed E-state index contributed by atoms with van der Waals surface area (Å²) >= 11 is 0. The molecular weight excluding hydrogens is 246 g/mol. The molecule has 1 fully saturated rings. The number of anilines is 1. The number of nitrogens with zero attached hydrogens (tertiary/aromatic N) is 1. The van der Waals surface area contributed by atoms with Gasteiger partial charge in [-0.05, 0) is 31.6 Å². The van der Waals surface area contributed by atoms with Crippen LogP contribution in [0.25, 0.3) is 0 Å². The highest BCUT2D eigenvalue weighted by molar-refractivity contribution is 5.71. The molecule has 2 heteroatoms. The van der Waals surface area contributed by atoms with Crippen molar-refractivity contribution in [2.45, 2.75) is 34.1 Å². The van der Waals surface area contributed by atoms with E-state index in [4.69, 9.17) is 4.74 Å². The van der Waals surface area contributed by atoms with Crippen LogP contribution in [-0.2, 0) is 0 Å². The third kappa shape index (κ3) is 2.26. The highest BCUT2D eigenvalue weighted by atomic mass is 16.5. The van der Waals surface area contributed by atoms with E-state index >= 15 is 0 Å². The minimum atomic E-state index is 0.490. The molecule has 0 bridgehead atoms. The van der Waals surface area contributed by atoms with Crippen LogP contribution >= 0.6 is 0 Å². The molecule has 0 amide bonds. The van der Waals surface area contributed by atoms with Crippen LogP contribution in [0.3, 0.4) is 0 Å². The third-order valence-electron chi connectivity index (χ3n) is 3.55. The molecule has 2 nitrogen and oxygen atoms in total. The van der Waals surface area contributed by atoms with Crippen molar-refractivity contribution in [1.29, 1.82) is 0 Å². The van der Waals surface area contributed by atoms with Crippen molar-refractivity contribution in [2.24, 2.45) is 5.92 Å². The van der Waals surface area contributed by atoms with Gasteiger partial charge in [-0.2, -0.15) is 0 Å². The molecule has 0 aliphatic carbocycles. The second-order valence-corrected chi connectivity index (χ2v) is 4.85. The van der Waals surface area contributed by atoms with Crippen molar-refractivity contribution < 1.29 is 4.74 Å². The van der Waals surface area contributed by atoms with Gasteiger partial charge in [-0.3, -0.25) is 0 Å². The topological polar surface area (TPSA) is 12.5 Å². The molecule has 0 radical (unpaired) electrons. The zero-order chi connectivity index (χ0) is 14.7. The lowest BCUT2D eigenvalue weighted by Crippen LogP contribution is -2.23. The molecule has 2 aliphatic heterocycles. The van der Waals surface area contributed by atoms with Crippen LogP contribution in [0, 0.1) is 5.92 Å². The first-order valence-electron chi connectivity index (χ1n) is 7.31. The van der Waals surface area contributed by atoms with Crippen molar-refractivity contribution in [3.63, 3.8) is 0 Å². The molecular formula is C18H23NO. The number of rotatable bonds is 1. The second kappa shape index (κ2) is 6.00. The van der Waals surface area contributed by atoms with E-state index in [1.807, 2.05) is 39.0 Å². The van der Waals surface area contributed by atoms with E-state index in [0.29, 0.717) is 5.92 Å². The van der Waals surface area contributed by atoms with Crippen LogP contribution < -0.4 is 9.64 Å². The molecule has 0 saturated carbocycles. The number of hydrogen-bond acceptors (Lipinski definition) is 2. The van der Waals surface area contributed by atoms with Gasteiger partial charge in [0.15, 0.2) is 5.75 Å². The molecule has 2 heterocycles. The van der Waals surface area contributed by atoms with E-state index in [0.717, 1.165) is 23.6 Å². The maximum Gasteiger partial charge on any atom is 0.150 e. The number of allylic oxidation sites excluding steroid dienone is 5. The summed E-state index contributed by atoms with van der Waals surface area (Å²) in [4.78, 5) is 2.32.